The van der Waals surface area contributed by atoms with Gasteiger partial charge < -0.3 is 25.3 Å². The van der Waals surface area contributed by atoms with Crippen LogP contribution in [0.3, 0.4) is 0 Å². The van der Waals surface area contributed by atoms with E-state index in [0.29, 0.717) is 11.5 Å². The highest BCUT2D eigenvalue weighted by molar-refractivity contribution is 6.00. The average molecular weight is 471 g/mol. The monoisotopic (exact) mass is 470 g/mol. The predicted molar refractivity (Wildman–Crippen MR) is 127 cm³/mol. The minimum atomic E-state index is -1.11. The number of carbonyl (C=O) groups is 3. The van der Waals surface area contributed by atoms with Gasteiger partial charge in [0, 0.05) is 6.42 Å². The summed E-state index contributed by atoms with van der Waals surface area (Å²) >= 11 is 0. The average Bonchev–Trinajstić information content (AvgIpc) is 2.78. The third-order valence-corrected chi connectivity index (χ3v) is 4.74. The Hall–Kier alpha value is -3.59. The molecular formula is C25H32N3O6. The molecule has 0 aromatic heterocycles. The molecular weight excluding hydrogens is 438 g/mol. The lowest BCUT2D eigenvalue weighted by Gasteiger charge is -2.23. The van der Waals surface area contributed by atoms with Crippen LogP contribution in [0.1, 0.15) is 31.9 Å². The van der Waals surface area contributed by atoms with E-state index in [0.717, 1.165) is 11.1 Å². The van der Waals surface area contributed by atoms with Gasteiger partial charge in [-0.15, -0.1) is 0 Å². The van der Waals surface area contributed by atoms with Gasteiger partial charge in [-0.25, -0.2) is 4.79 Å². The SMILES string of the molecule is COc1ccc(C[C@H](NC(=O)OC(C)(C)C)C(=O)[N]C(=O)[C@@H](N)Cc2ccc(OC)cc2)cc1. The largest absolute Gasteiger partial charge is 0.497 e. The first-order chi connectivity index (χ1) is 16.0. The zero-order valence-electron chi connectivity index (χ0n) is 20.2. The number of nitrogens with zero attached hydrogens (tertiary/aromatic N) is 1. The Labute approximate surface area is 199 Å². The van der Waals surface area contributed by atoms with Crippen molar-refractivity contribution in [3.05, 3.63) is 59.7 Å². The van der Waals surface area contributed by atoms with Gasteiger partial charge in [-0.05, 0) is 62.6 Å². The minimum Gasteiger partial charge on any atom is -0.497 e. The summed E-state index contributed by atoms with van der Waals surface area (Å²) in [5.41, 5.74) is 6.76. The smallest absolute Gasteiger partial charge is 0.408 e. The first-order valence-electron chi connectivity index (χ1n) is 10.8. The summed E-state index contributed by atoms with van der Waals surface area (Å²) in [6.45, 7) is 5.12. The number of amides is 3. The first kappa shape index (κ1) is 26.7. The number of alkyl carbamates (subject to hydrolysis) is 1. The van der Waals surface area contributed by atoms with Crippen LogP contribution in [0.2, 0.25) is 0 Å². The second-order valence-electron chi connectivity index (χ2n) is 8.70. The molecule has 183 valence electrons. The number of imide groups is 1. The first-order valence-corrected chi connectivity index (χ1v) is 10.8. The third kappa shape index (κ3) is 8.74. The molecule has 0 heterocycles. The van der Waals surface area contributed by atoms with E-state index in [-0.39, 0.29) is 12.8 Å². The van der Waals surface area contributed by atoms with E-state index in [1.165, 1.54) is 0 Å². The lowest BCUT2D eigenvalue weighted by Crippen LogP contribution is -2.50. The lowest BCUT2D eigenvalue weighted by atomic mass is 10.0. The number of rotatable bonds is 9. The van der Waals surface area contributed by atoms with Crippen molar-refractivity contribution in [2.75, 3.05) is 14.2 Å². The highest BCUT2D eigenvalue weighted by Gasteiger charge is 2.29. The van der Waals surface area contributed by atoms with Gasteiger partial charge in [0.25, 0.3) is 11.8 Å². The number of hydrogen-bond donors (Lipinski definition) is 2. The molecule has 9 nitrogen and oxygen atoms in total. The third-order valence-electron chi connectivity index (χ3n) is 4.74. The van der Waals surface area contributed by atoms with Crippen LogP contribution in [0.5, 0.6) is 11.5 Å². The van der Waals surface area contributed by atoms with Crippen molar-refractivity contribution in [1.82, 2.24) is 10.6 Å². The van der Waals surface area contributed by atoms with E-state index in [2.05, 4.69) is 10.6 Å². The number of nitrogens with two attached hydrogens (primary N) is 1. The van der Waals surface area contributed by atoms with Gasteiger partial charge in [-0.2, -0.15) is 5.32 Å². The number of nitrogens with one attached hydrogen (secondary N) is 1. The van der Waals surface area contributed by atoms with Crippen molar-refractivity contribution in [2.45, 2.75) is 51.3 Å². The number of hydrogen-bond acceptors (Lipinski definition) is 7. The van der Waals surface area contributed by atoms with Crippen molar-refractivity contribution in [3.63, 3.8) is 0 Å². The molecule has 0 aliphatic heterocycles. The molecule has 2 rings (SSSR count). The van der Waals surface area contributed by atoms with Gasteiger partial charge in [0.2, 0.25) is 0 Å². The van der Waals surface area contributed by atoms with Crippen molar-refractivity contribution in [3.8, 4) is 11.5 Å². The fraction of sp³-hybridized carbons (Fsp3) is 0.400. The van der Waals surface area contributed by atoms with E-state index < -0.39 is 35.6 Å². The molecule has 0 fully saturated rings. The topological polar surface area (TPSA) is 131 Å². The van der Waals surface area contributed by atoms with E-state index in [9.17, 15) is 14.4 Å². The molecule has 0 saturated heterocycles. The van der Waals surface area contributed by atoms with E-state index in [1.54, 1.807) is 83.5 Å². The maximum absolute atomic E-state index is 12.9. The Morgan fingerprint density at radius 1 is 0.853 bits per heavy atom. The molecule has 9 heteroatoms. The van der Waals surface area contributed by atoms with E-state index >= 15 is 0 Å². The summed E-state index contributed by atoms with van der Waals surface area (Å²) < 4.78 is 15.5. The van der Waals surface area contributed by atoms with Crippen molar-refractivity contribution in [1.29, 1.82) is 0 Å². The summed E-state index contributed by atoms with van der Waals surface area (Å²) in [5.74, 6) is -0.252. The van der Waals surface area contributed by atoms with Gasteiger partial charge >= 0.3 is 6.09 Å². The predicted octanol–water partition coefficient (Wildman–Crippen LogP) is 2.37. The van der Waals surface area contributed by atoms with Gasteiger partial charge in [0.05, 0.1) is 20.3 Å². The van der Waals surface area contributed by atoms with Gasteiger partial charge in [-0.3, -0.25) is 9.59 Å². The summed E-state index contributed by atoms with van der Waals surface area (Å²) in [5, 5.41) is 6.18. The molecule has 2 atom stereocenters. The van der Waals surface area contributed by atoms with Crippen molar-refractivity contribution in [2.24, 2.45) is 5.73 Å². The molecule has 0 spiro atoms. The van der Waals surface area contributed by atoms with Gasteiger partial charge in [-0.1, -0.05) is 24.3 Å². The Morgan fingerprint density at radius 2 is 1.32 bits per heavy atom. The Kier molecular flexibility index (Phi) is 9.44. The quantitative estimate of drug-likeness (QED) is 0.575. The summed E-state index contributed by atoms with van der Waals surface area (Å²) in [6.07, 6.45) is -0.487. The normalized spacial score (nSPS) is 12.8. The number of methoxy groups -OCH3 is 2. The molecule has 1 radical (unpaired) electrons. The van der Waals surface area contributed by atoms with Gasteiger partial charge in [0.15, 0.2) is 0 Å². The zero-order chi connectivity index (χ0) is 25.3. The van der Waals surface area contributed by atoms with Crippen LogP contribution in [-0.2, 0) is 27.2 Å². The second kappa shape index (κ2) is 12.0. The molecule has 0 saturated carbocycles. The molecule has 2 aromatic rings. The molecule has 0 unspecified atom stereocenters. The van der Waals surface area contributed by atoms with E-state index in [1.807, 2.05) is 0 Å². The Balaban J connectivity index is 2.08. The molecule has 3 amide bonds. The fourth-order valence-electron chi connectivity index (χ4n) is 3.02. The van der Waals surface area contributed by atoms with Crippen LogP contribution in [0, 0.1) is 0 Å². The highest BCUT2D eigenvalue weighted by Crippen LogP contribution is 2.15. The zero-order valence-corrected chi connectivity index (χ0v) is 20.2. The molecule has 0 aliphatic carbocycles. The summed E-state index contributed by atoms with van der Waals surface area (Å²) in [6, 6.07) is 11.9. The minimum absolute atomic E-state index is 0.104. The van der Waals surface area contributed by atoms with Crippen molar-refractivity contribution < 1.29 is 28.6 Å². The molecule has 3 N–H and O–H groups in total. The maximum atomic E-state index is 12.9. The standard InChI is InChI=1S/C25H32N3O6/c1-25(2,3)34-24(31)27-21(15-17-8-12-19(33-5)13-9-17)23(30)28-22(29)20(26)14-16-6-10-18(32-4)11-7-16/h6-13,20-21H,14-15,26H2,1-5H3,(H,27,31)/t20-,21-/m0/s1. The second-order valence-corrected chi connectivity index (χ2v) is 8.70. The molecule has 34 heavy (non-hydrogen) atoms. The lowest BCUT2D eigenvalue weighted by molar-refractivity contribution is -0.132. The fourth-order valence-corrected chi connectivity index (χ4v) is 3.02. The number of benzene rings is 2. The maximum Gasteiger partial charge on any atom is 0.408 e. The van der Waals surface area contributed by atoms with E-state index in [4.69, 9.17) is 19.9 Å². The molecule has 0 bridgehead atoms. The Morgan fingerprint density at radius 3 is 1.76 bits per heavy atom. The Bertz CT molecular complexity index is 968. The summed E-state index contributed by atoms with van der Waals surface area (Å²) in [7, 11) is 3.10. The van der Waals surface area contributed by atoms with Crippen molar-refractivity contribution >= 4 is 17.9 Å². The van der Waals surface area contributed by atoms with Gasteiger partial charge in [0.1, 0.15) is 23.1 Å². The van der Waals surface area contributed by atoms with Crippen LogP contribution in [-0.4, -0.2) is 49.8 Å². The van der Waals surface area contributed by atoms with Crippen LogP contribution in [0.25, 0.3) is 0 Å². The van der Waals surface area contributed by atoms with Crippen LogP contribution >= 0.6 is 0 Å². The van der Waals surface area contributed by atoms with Crippen LogP contribution < -0.4 is 25.8 Å². The van der Waals surface area contributed by atoms with Crippen LogP contribution in [0.15, 0.2) is 48.5 Å². The number of carbonyl (C=O) groups excluding carboxylic acids is 3. The highest BCUT2D eigenvalue weighted by atomic mass is 16.6. The number of ether oxygens (including phenoxy) is 3. The summed E-state index contributed by atoms with van der Waals surface area (Å²) in [4.78, 5) is 37.7. The van der Waals surface area contributed by atoms with Crippen LogP contribution in [0.4, 0.5) is 4.79 Å². The molecule has 0 aliphatic rings. The molecule has 2 aromatic carbocycles.